The molecule has 27 heavy (non-hydrogen) atoms. The average Bonchev–Trinajstić information content (AvgIpc) is 3.16. The monoisotopic (exact) mass is 378 g/mol. The Kier molecular flexibility index (Phi) is 5.83. The maximum absolute atomic E-state index is 12.2. The van der Waals surface area contributed by atoms with Crippen molar-refractivity contribution in [2.24, 2.45) is 0 Å². The lowest BCUT2D eigenvalue weighted by Crippen LogP contribution is -2.24. The van der Waals surface area contributed by atoms with Crippen molar-refractivity contribution >= 4 is 23.4 Å². The number of fused-ring (bicyclic) bond motifs is 1. The largest absolute Gasteiger partial charge is 0.454 e. The third-order valence-electron chi connectivity index (χ3n) is 3.66. The molecule has 0 aliphatic carbocycles. The molecule has 0 bridgehead atoms. The zero-order valence-corrected chi connectivity index (χ0v) is 14.9. The molecule has 0 unspecified atom stereocenters. The van der Waals surface area contributed by atoms with Gasteiger partial charge in [-0.2, -0.15) is 10.5 Å². The van der Waals surface area contributed by atoms with Crippen LogP contribution in [0.15, 0.2) is 59.1 Å². The van der Waals surface area contributed by atoms with Crippen molar-refractivity contribution in [3.05, 3.63) is 59.8 Å². The number of thiocyanates is 1. The molecule has 2 aromatic rings. The van der Waals surface area contributed by atoms with Gasteiger partial charge in [0.2, 0.25) is 6.79 Å². The summed E-state index contributed by atoms with van der Waals surface area (Å²) >= 11 is 1.06. The Labute approximate surface area is 160 Å². The fraction of sp³-hybridized carbons (Fsp3) is 0.105. The third kappa shape index (κ3) is 4.72. The molecule has 2 aromatic carbocycles. The molecule has 3 rings (SSSR count). The van der Waals surface area contributed by atoms with Crippen molar-refractivity contribution in [1.82, 2.24) is 5.32 Å². The van der Waals surface area contributed by atoms with Crippen LogP contribution in [0.4, 0.5) is 5.69 Å². The number of rotatable bonds is 6. The maximum Gasteiger partial charge on any atom is 0.263 e. The second kappa shape index (κ2) is 8.65. The van der Waals surface area contributed by atoms with Gasteiger partial charge in [0, 0.05) is 23.3 Å². The Morgan fingerprint density at radius 2 is 1.93 bits per heavy atom. The first-order valence-corrected chi connectivity index (χ1v) is 8.71. The minimum absolute atomic E-state index is 0.0498. The Morgan fingerprint density at radius 3 is 2.67 bits per heavy atom. The van der Waals surface area contributed by atoms with Crippen LogP contribution in [0, 0.1) is 22.0 Å². The molecule has 0 saturated heterocycles. The first-order chi connectivity index (χ1) is 13.2. The SMILES string of the molecule is N#CSc1ccc(N/C=C(/C#N)C(=O)NCc2ccc3c(c2)OCO3)cc1. The van der Waals surface area contributed by atoms with Gasteiger partial charge < -0.3 is 20.1 Å². The summed E-state index contributed by atoms with van der Waals surface area (Å²) < 4.78 is 10.5. The fourth-order valence-corrected chi connectivity index (χ4v) is 2.68. The predicted molar refractivity (Wildman–Crippen MR) is 99.6 cm³/mol. The van der Waals surface area contributed by atoms with E-state index in [-0.39, 0.29) is 18.9 Å². The number of amides is 1. The normalized spacial score (nSPS) is 12.0. The molecule has 0 spiro atoms. The maximum atomic E-state index is 12.2. The minimum Gasteiger partial charge on any atom is -0.454 e. The quantitative estimate of drug-likeness (QED) is 0.344. The van der Waals surface area contributed by atoms with Crippen LogP contribution in [0.25, 0.3) is 0 Å². The highest BCUT2D eigenvalue weighted by molar-refractivity contribution is 8.03. The van der Waals surface area contributed by atoms with Gasteiger partial charge in [-0.15, -0.1) is 0 Å². The van der Waals surface area contributed by atoms with Crippen molar-refractivity contribution in [2.75, 3.05) is 12.1 Å². The molecule has 8 heteroatoms. The lowest BCUT2D eigenvalue weighted by Gasteiger charge is -2.06. The number of carbonyl (C=O) groups is 1. The smallest absolute Gasteiger partial charge is 0.263 e. The molecule has 2 N–H and O–H groups in total. The summed E-state index contributed by atoms with van der Waals surface area (Å²) in [5.41, 5.74) is 1.49. The summed E-state index contributed by atoms with van der Waals surface area (Å²) in [5.74, 6) is 0.822. The average molecular weight is 378 g/mol. The van der Waals surface area contributed by atoms with E-state index in [2.05, 4.69) is 10.6 Å². The van der Waals surface area contributed by atoms with E-state index in [4.69, 9.17) is 14.7 Å². The number of nitrogens with zero attached hydrogens (tertiary/aromatic N) is 2. The summed E-state index contributed by atoms with van der Waals surface area (Å²) in [4.78, 5) is 13.0. The highest BCUT2D eigenvalue weighted by Gasteiger charge is 2.14. The van der Waals surface area contributed by atoms with E-state index < -0.39 is 5.91 Å². The van der Waals surface area contributed by atoms with Gasteiger partial charge >= 0.3 is 0 Å². The van der Waals surface area contributed by atoms with Crippen LogP contribution in [-0.4, -0.2) is 12.7 Å². The van der Waals surface area contributed by atoms with Gasteiger partial charge in [-0.25, -0.2) is 0 Å². The van der Waals surface area contributed by atoms with Gasteiger partial charge in [-0.1, -0.05) is 6.07 Å². The number of thioether (sulfide) groups is 1. The Bertz CT molecular complexity index is 958. The van der Waals surface area contributed by atoms with E-state index in [1.54, 1.807) is 36.4 Å². The van der Waals surface area contributed by atoms with Gasteiger partial charge in [0.1, 0.15) is 17.0 Å². The summed E-state index contributed by atoms with van der Waals surface area (Å²) in [5, 5.41) is 25.4. The van der Waals surface area contributed by atoms with Crippen molar-refractivity contribution in [3.8, 4) is 23.0 Å². The molecule has 0 radical (unpaired) electrons. The second-order valence-electron chi connectivity index (χ2n) is 5.40. The van der Waals surface area contributed by atoms with Crippen LogP contribution in [-0.2, 0) is 11.3 Å². The lowest BCUT2D eigenvalue weighted by atomic mass is 10.2. The van der Waals surface area contributed by atoms with Crippen LogP contribution >= 0.6 is 11.8 Å². The Morgan fingerprint density at radius 1 is 1.15 bits per heavy atom. The number of hydrogen-bond acceptors (Lipinski definition) is 7. The number of nitriles is 2. The molecule has 1 aliphatic heterocycles. The number of ether oxygens (including phenoxy) is 2. The van der Waals surface area contributed by atoms with E-state index in [0.29, 0.717) is 17.2 Å². The van der Waals surface area contributed by atoms with Crippen molar-refractivity contribution in [1.29, 1.82) is 10.5 Å². The number of hydrogen-bond donors (Lipinski definition) is 2. The first-order valence-electron chi connectivity index (χ1n) is 7.89. The summed E-state index contributed by atoms with van der Waals surface area (Å²) in [7, 11) is 0. The van der Waals surface area contributed by atoms with Gasteiger partial charge in [0.25, 0.3) is 5.91 Å². The summed E-state index contributed by atoms with van der Waals surface area (Å²) in [6, 6.07) is 14.3. The van der Waals surface area contributed by atoms with Gasteiger partial charge in [0.15, 0.2) is 11.5 Å². The highest BCUT2D eigenvalue weighted by Crippen LogP contribution is 2.32. The van der Waals surface area contributed by atoms with Crippen LogP contribution in [0.3, 0.4) is 0 Å². The lowest BCUT2D eigenvalue weighted by molar-refractivity contribution is -0.117. The number of anilines is 1. The molecule has 0 atom stereocenters. The number of benzene rings is 2. The predicted octanol–water partition coefficient (Wildman–Crippen LogP) is 3.12. The molecule has 134 valence electrons. The Balaban J connectivity index is 1.57. The molecule has 1 amide bonds. The molecular formula is C19H14N4O3S. The molecule has 1 aliphatic rings. The molecule has 0 fully saturated rings. The minimum atomic E-state index is -0.487. The zero-order valence-electron chi connectivity index (χ0n) is 14.1. The third-order valence-corrected chi connectivity index (χ3v) is 4.26. The van der Waals surface area contributed by atoms with Gasteiger partial charge in [-0.05, 0) is 53.7 Å². The van der Waals surface area contributed by atoms with E-state index in [0.717, 1.165) is 22.2 Å². The molecule has 0 saturated carbocycles. The second-order valence-corrected chi connectivity index (χ2v) is 6.26. The number of carbonyl (C=O) groups excluding carboxylic acids is 1. The van der Waals surface area contributed by atoms with Gasteiger partial charge in [-0.3, -0.25) is 4.79 Å². The zero-order chi connectivity index (χ0) is 19.1. The topological polar surface area (TPSA) is 107 Å². The van der Waals surface area contributed by atoms with Gasteiger partial charge in [0.05, 0.1) is 0 Å². The standard InChI is InChI=1S/C19H14N4O3S/c20-8-14(10-22-15-2-4-16(5-3-15)27-11-21)19(24)23-9-13-1-6-17-18(7-13)26-12-25-17/h1-7,10,22H,9,12H2,(H,23,24)/b14-10-. The molecule has 1 heterocycles. The molecular weight excluding hydrogens is 364 g/mol. The van der Waals surface area contributed by atoms with Crippen LogP contribution in [0.2, 0.25) is 0 Å². The highest BCUT2D eigenvalue weighted by atomic mass is 32.2. The van der Waals surface area contributed by atoms with E-state index >= 15 is 0 Å². The van der Waals surface area contributed by atoms with E-state index in [1.165, 1.54) is 6.20 Å². The van der Waals surface area contributed by atoms with E-state index in [1.807, 2.05) is 17.5 Å². The van der Waals surface area contributed by atoms with Crippen LogP contribution < -0.4 is 20.1 Å². The summed E-state index contributed by atoms with van der Waals surface area (Å²) in [6.07, 6.45) is 1.35. The van der Waals surface area contributed by atoms with Crippen molar-refractivity contribution in [2.45, 2.75) is 11.4 Å². The Hall–Kier alpha value is -3.62. The fourth-order valence-electron chi connectivity index (χ4n) is 2.30. The first kappa shape index (κ1) is 18.2. The van der Waals surface area contributed by atoms with Crippen molar-refractivity contribution < 1.29 is 14.3 Å². The number of nitrogens with one attached hydrogen (secondary N) is 2. The van der Waals surface area contributed by atoms with E-state index in [9.17, 15) is 10.1 Å². The van der Waals surface area contributed by atoms with Crippen LogP contribution in [0.5, 0.6) is 11.5 Å². The summed E-state index contributed by atoms with van der Waals surface area (Å²) in [6.45, 7) is 0.447. The van der Waals surface area contributed by atoms with Crippen molar-refractivity contribution in [3.63, 3.8) is 0 Å². The molecule has 7 nitrogen and oxygen atoms in total. The molecule has 0 aromatic heterocycles. The van der Waals surface area contributed by atoms with Crippen LogP contribution in [0.1, 0.15) is 5.56 Å².